The van der Waals surface area contributed by atoms with Crippen molar-refractivity contribution in [3.63, 3.8) is 0 Å². The van der Waals surface area contributed by atoms with Gasteiger partial charge in [-0.3, -0.25) is 0 Å². The molecule has 4 heteroatoms. The molecule has 0 aromatic heterocycles. The Hall–Kier alpha value is -1.24. The fourth-order valence-electron chi connectivity index (χ4n) is 2.00. The predicted molar refractivity (Wildman–Crippen MR) is 74.7 cm³/mol. The first-order valence-corrected chi connectivity index (χ1v) is 6.62. The lowest BCUT2D eigenvalue weighted by Gasteiger charge is -2.21. The molecule has 0 bridgehead atoms. The highest BCUT2D eigenvalue weighted by molar-refractivity contribution is 6.32. The lowest BCUT2D eigenvalue weighted by atomic mass is 9.96. The van der Waals surface area contributed by atoms with Crippen LogP contribution in [0.3, 0.4) is 0 Å². The van der Waals surface area contributed by atoms with Crippen molar-refractivity contribution in [1.29, 1.82) is 5.26 Å². The Bertz CT molecular complexity index is 424. The normalized spacial score (nSPS) is 12.2. The third-order valence-electron chi connectivity index (χ3n) is 3.22. The summed E-state index contributed by atoms with van der Waals surface area (Å²) in [5.41, 5.74) is 1.10. The number of nitrogens with zero attached hydrogens (tertiary/aromatic N) is 1. The number of hydrogen-bond acceptors (Lipinski definition) is 3. The molecule has 0 amide bonds. The lowest BCUT2D eigenvalue weighted by molar-refractivity contribution is 0.114. The van der Waals surface area contributed by atoms with E-state index in [4.69, 9.17) is 16.9 Å². The Morgan fingerprint density at radius 1 is 1.39 bits per heavy atom. The molecule has 0 saturated heterocycles. The monoisotopic (exact) mass is 266 g/mol. The Morgan fingerprint density at radius 2 is 2.06 bits per heavy atom. The van der Waals surface area contributed by atoms with E-state index in [1.807, 2.05) is 0 Å². The first-order chi connectivity index (χ1) is 8.63. The number of hydrogen-bond donors (Lipinski definition) is 2. The fraction of sp³-hybridized carbons (Fsp3) is 0.500. The molecule has 0 aliphatic carbocycles. The smallest absolute Gasteiger partial charge is 0.103 e. The summed E-state index contributed by atoms with van der Waals surface area (Å²) in [6.45, 7) is 4.57. The molecule has 0 spiro atoms. The van der Waals surface area contributed by atoms with E-state index in [-0.39, 0.29) is 5.92 Å². The third-order valence-corrected chi connectivity index (χ3v) is 3.53. The molecule has 18 heavy (non-hydrogen) atoms. The van der Waals surface area contributed by atoms with Crippen molar-refractivity contribution in [1.82, 2.24) is 0 Å². The molecule has 3 nitrogen and oxygen atoms in total. The van der Waals surface area contributed by atoms with Gasteiger partial charge in [-0.25, -0.2) is 0 Å². The number of aliphatic hydroxyl groups excluding tert-OH is 1. The maximum atomic E-state index is 10.0. The second-order valence-corrected chi connectivity index (χ2v) is 4.71. The van der Waals surface area contributed by atoms with Crippen LogP contribution in [-0.2, 0) is 0 Å². The second-order valence-electron chi connectivity index (χ2n) is 4.30. The molecule has 0 saturated carbocycles. The van der Waals surface area contributed by atoms with Crippen LogP contribution in [0.25, 0.3) is 0 Å². The van der Waals surface area contributed by atoms with Crippen molar-refractivity contribution in [2.45, 2.75) is 32.8 Å². The van der Waals surface area contributed by atoms with Gasteiger partial charge in [-0.1, -0.05) is 44.4 Å². The van der Waals surface area contributed by atoms with E-state index in [0.29, 0.717) is 22.8 Å². The van der Waals surface area contributed by atoms with Crippen LogP contribution in [0.4, 0.5) is 5.69 Å². The number of anilines is 1. The first kappa shape index (κ1) is 14.8. The summed E-state index contributed by atoms with van der Waals surface area (Å²) in [7, 11) is 0. The number of aliphatic hydroxyl groups is 1. The van der Waals surface area contributed by atoms with Crippen LogP contribution >= 0.6 is 11.6 Å². The van der Waals surface area contributed by atoms with Crippen LogP contribution in [0.5, 0.6) is 0 Å². The van der Waals surface area contributed by atoms with Crippen LogP contribution < -0.4 is 5.32 Å². The molecule has 1 unspecified atom stereocenters. The summed E-state index contributed by atoms with van der Waals surface area (Å²) >= 11 is 5.94. The Balaban J connectivity index is 2.70. The average Bonchev–Trinajstić information content (AvgIpc) is 2.37. The van der Waals surface area contributed by atoms with Crippen molar-refractivity contribution < 1.29 is 5.11 Å². The third kappa shape index (κ3) is 3.63. The molecule has 0 heterocycles. The highest BCUT2D eigenvalue weighted by Crippen LogP contribution is 2.23. The van der Waals surface area contributed by atoms with Gasteiger partial charge in [-0.15, -0.1) is 0 Å². The number of nitrogens with one attached hydrogen (secondary N) is 1. The van der Waals surface area contributed by atoms with Gasteiger partial charge >= 0.3 is 0 Å². The molecule has 2 N–H and O–H groups in total. The zero-order valence-corrected chi connectivity index (χ0v) is 11.5. The van der Waals surface area contributed by atoms with Crippen LogP contribution in [-0.4, -0.2) is 17.8 Å². The molecule has 1 rings (SSSR count). The van der Waals surface area contributed by atoms with E-state index in [1.165, 1.54) is 0 Å². The van der Waals surface area contributed by atoms with Gasteiger partial charge in [0.1, 0.15) is 6.07 Å². The van der Waals surface area contributed by atoms with Gasteiger partial charge in [0.15, 0.2) is 0 Å². The minimum absolute atomic E-state index is 0.280. The summed E-state index contributed by atoms with van der Waals surface area (Å²) in [5.74, 6) is 0.280. The number of halogens is 1. The van der Waals surface area contributed by atoms with E-state index >= 15 is 0 Å². The molecule has 0 radical (unpaired) electrons. The highest BCUT2D eigenvalue weighted by Gasteiger charge is 2.15. The van der Waals surface area contributed by atoms with E-state index in [2.05, 4.69) is 25.2 Å². The van der Waals surface area contributed by atoms with Crippen LogP contribution in [0.2, 0.25) is 5.02 Å². The molecular formula is C14H19ClN2O. The Labute approximate surface area is 113 Å². The highest BCUT2D eigenvalue weighted by atomic mass is 35.5. The van der Waals surface area contributed by atoms with Gasteiger partial charge in [-0.05, 0) is 18.1 Å². The molecule has 0 aliphatic heterocycles. The first-order valence-electron chi connectivity index (χ1n) is 6.24. The van der Waals surface area contributed by atoms with Gasteiger partial charge < -0.3 is 10.4 Å². The lowest BCUT2D eigenvalue weighted by Crippen LogP contribution is -2.27. The van der Waals surface area contributed by atoms with E-state index < -0.39 is 6.10 Å². The maximum absolute atomic E-state index is 10.0. The number of rotatable bonds is 6. The molecule has 0 fully saturated rings. The van der Waals surface area contributed by atoms with Crippen LogP contribution in [0.1, 0.15) is 32.3 Å². The van der Waals surface area contributed by atoms with E-state index in [9.17, 15) is 5.11 Å². The summed E-state index contributed by atoms with van der Waals surface area (Å²) in [6, 6.07) is 7.33. The summed E-state index contributed by atoms with van der Waals surface area (Å²) in [6.07, 6.45) is 1.48. The van der Waals surface area contributed by atoms with Gasteiger partial charge in [0.2, 0.25) is 0 Å². The molecule has 1 atom stereocenters. The zero-order chi connectivity index (χ0) is 13.5. The van der Waals surface area contributed by atoms with Crippen molar-refractivity contribution >= 4 is 17.3 Å². The summed E-state index contributed by atoms with van der Waals surface area (Å²) in [5, 5.41) is 22.6. The zero-order valence-electron chi connectivity index (χ0n) is 10.8. The quantitative estimate of drug-likeness (QED) is 0.829. The van der Waals surface area contributed by atoms with Gasteiger partial charge in [0.05, 0.1) is 22.4 Å². The fourth-order valence-corrected chi connectivity index (χ4v) is 2.22. The molecule has 1 aromatic rings. The Kier molecular flexibility index (Phi) is 5.97. The molecule has 98 valence electrons. The standard InChI is InChI=1S/C14H19ClN2O/c1-3-10(4-2)14(18)9-17-13-7-5-6-12(15)11(13)8-16/h5-7,10,14,17-18H,3-4,9H2,1-2H3. The summed E-state index contributed by atoms with van der Waals surface area (Å²) < 4.78 is 0. The molecule has 1 aromatic carbocycles. The average molecular weight is 267 g/mol. The van der Waals surface area contributed by atoms with Crippen molar-refractivity contribution in [3.05, 3.63) is 28.8 Å². The summed E-state index contributed by atoms with van der Waals surface area (Å²) in [4.78, 5) is 0. The molecule has 0 aliphatic rings. The number of nitriles is 1. The SMILES string of the molecule is CCC(CC)C(O)CNc1cccc(Cl)c1C#N. The Morgan fingerprint density at radius 3 is 2.61 bits per heavy atom. The van der Waals surface area contributed by atoms with Gasteiger partial charge in [0, 0.05) is 6.54 Å². The topological polar surface area (TPSA) is 56.0 Å². The van der Waals surface area contributed by atoms with Crippen molar-refractivity contribution in [2.75, 3.05) is 11.9 Å². The van der Waals surface area contributed by atoms with E-state index in [0.717, 1.165) is 12.8 Å². The van der Waals surface area contributed by atoms with Crippen molar-refractivity contribution in [2.24, 2.45) is 5.92 Å². The second kappa shape index (κ2) is 7.25. The van der Waals surface area contributed by atoms with Crippen LogP contribution in [0, 0.1) is 17.2 Å². The predicted octanol–water partition coefficient (Wildman–Crippen LogP) is 3.42. The minimum Gasteiger partial charge on any atom is -0.391 e. The largest absolute Gasteiger partial charge is 0.391 e. The minimum atomic E-state index is -0.412. The van der Waals surface area contributed by atoms with Crippen LogP contribution in [0.15, 0.2) is 18.2 Å². The number of benzene rings is 1. The van der Waals surface area contributed by atoms with Gasteiger partial charge in [0.25, 0.3) is 0 Å². The molecular weight excluding hydrogens is 248 g/mol. The van der Waals surface area contributed by atoms with Gasteiger partial charge in [-0.2, -0.15) is 5.26 Å². The maximum Gasteiger partial charge on any atom is 0.103 e. The van der Waals surface area contributed by atoms with E-state index in [1.54, 1.807) is 18.2 Å². The van der Waals surface area contributed by atoms with Crippen molar-refractivity contribution in [3.8, 4) is 6.07 Å².